The molecule has 3 rings (SSSR count). The molecule has 1 aromatic heterocycles. The number of likely N-dealkylation sites (tertiary alicyclic amines) is 1. The fourth-order valence-electron chi connectivity index (χ4n) is 3.38. The molecule has 0 spiro atoms. The van der Waals surface area contributed by atoms with Crippen molar-refractivity contribution in [2.75, 3.05) is 33.4 Å². The predicted molar refractivity (Wildman–Crippen MR) is 100.0 cm³/mol. The van der Waals surface area contributed by atoms with E-state index >= 15 is 0 Å². The molecule has 130 valence electrons. The third-order valence-electron chi connectivity index (χ3n) is 4.95. The summed E-state index contributed by atoms with van der Waals surface area (Å²) in [7, 11) is 3.83. The highest BCUT2D eigenvalue weighted by atomic mass is 127. The number of hydrogen-bond donors (Lipinski definition) is 1. The lowest BCUT2D eigenvalue weighted by Crippen LogP contribution is -2.40. The van der Waals surface area contributed by atoms with Crippen LogP contribution in [0, 0.1) is 18.8 Å². The molecule has 0 aliphatic carbocycles. The number of halogens is 1. The molecule has 2 fully saturated rings. The van der Waals surface area contributed by atoms with Gasteiger partial charge in [0, 0.05) is 40.4 Å². The van der Waals surface area contributed by atoms with Crippen LogP contribution in [0.15, 0.2) is 4.99 Å². The minimum absolute atomic E-state index is 0. The topological polar surface area (TPSA) is 67.6 Å². The second-order valence-corrected chi connectivity index (χ2v) is 6.24. The maximum absolute atomic E-state index is 5.53. The Balaban J connectivity index is 0.00000192. The van der Waals surface area contributed by atoms with Crippen molar-refractivity contribution >= 4 is 29.9 Å². The molecule has 8 heteroatoms. The number of nitrogens with one attached hydrogen (secondary N) is 1. The normalized spacial score (nSPS) is 24.8. The zero-order chi connectivity index (χ0) is 15.5. The Bertz CT molecular complexity index is 540. The van der Waals surface area contributed by atoms with Gasteiger partial charge in [-0.1, -0.05) is 0 Å². The van der Waals surface area contributed by atoms with Crippen LogP contribution in [0.2, 0.25) is 0 Å². The molecule has 1 N–H and O–H groups in total. The van der Waals surface area contributed by atoms with E-state index in [1.54, 1.807) is 0 Å². The van der Waals surface area contributed by atoms with Crippen LogP contribution in [0.5, 0.6) is 0 Å². The standard InChI is InChI=1S/C15H26N6O.HI/c1-11-18-19-14(20(11)3)8-17-15(16-2)21-6-4-12(9-21)13-5-7-22-10-13;/h12-13H,4-10H2,1-3H3,(H,16,17);1H. The van der Waals surface area contributed by atoms with Gasteiger partial charge in [0.05, 0.1) is 6.54 Å². The van der Waals surface area contributed by atoms with Crippen molar-refractivity contribution in [2.45, 2.75) is 26.3 Å². The minimum Gasteiger partial charge on any atom is -0.381 e. The molecule has 1 aromatic rings. The molecule has 0 bridgehead atoms. The predicted octanol–water partition coefficient (Wildman–Crippen LogP) is 1.18. The summed E-state index contributed by atoms with van der Waals surface area (Å²) in [4.78, 5) is 6.78. The van der Waals surface area contributed by atoms with Crippen LogP contribution in [-0.4, -0.2) is 59.0 Å². The van der Waals surface area contributed by atoms with Gasteiger partial charge in [0.2, 0.25) is 0 Å². The molecule has 2 aliphatic rings. The van der Waals surface area contributed by atoms with Gasteiger partial charge in [-0.05, 0) is 31.6 Å². The lowest BCUT2D eigenvalue weighted by atomic mass is 9.91. The van der Waals surface area contributed by atoms with Gasteiger partial charge < -0.3 is 19.5 Å². The first-order chi connectivity index (χ1) is 10.7. The third kappa shape index (κ3) is 4.14. The van der Waals surface area contributed by atoms with E-state index in [1.807, 2.05) is 25.6 Å². The van der Waals surface area contributed by atoms with Crippen molar-refractivity contribution < 1.29 is 4.74 Å². The van der Waals surface area contributed by atoms with Gasteiger partial charge in [-0.15, -0.1) is 34.2 Å². The molecule has 2 unspecified atom stereocenters. The number of ether oxygens (including phenoxy) is 1. The summed E-state index contributed by atoms with van der Waals surface area (Å²) in [5.41, 5.74) is 0. The Kier molecular flexibility index (Phi) is 6.63. The Labute approximate surface area is 154 Å². The summed E-state index contributed by atoms with van der Waals surface area (Å²) in [6, 6.07) is 0. The van der Waals surface area contributed by atoms with E-state index in [0.29, 0.717) is 6.54 Å². The molecule has 2 saturated heterocycles. The summed E-state index contributed by atoms with van der Waals surface area (Å²) in [5.74, 6) is 4.28. The average molecular weight is 434 g/mol. The Hall–Kier alpha value is -0.900. The second kappa shape index (κ2) is 8.27. The van der Waals surface area contributed by atoms with Crippen molar-refractivity contribution in [1.82, 2.24) is 25.0 Å². The quantitative estimate of drug-likeness (QED) is 0.440. The molecule has 3 heterocycles. The fraction of sp³-hybridized carbons (Fsp3) is 0.800. The van der Waals surface area contributed by atoms with E-state index in [0.717, 1.165) is 55.7 Å². The zero-order valence-electron chi connectivity index (χ0n) is 14.2. The van der Waals surface area contributed by atoms with Gasteiger partial charge in [0.25, 0.3) is 0 Å². The average Bonchev–Trinajstić information content (AvgIpc) is 3.24. The second-order valence-electron chi connectivity index (χ2n) is 6.24. The first kappa shape index (κ1) is 18.4. The van der Waals surface area contributed by atoms with E-state index in [4.69, 9.17) is 4.74 Å². The first-order valence-electron chi connectivity index (χ1n) is 8.07. The van der Waals surface area contributed by atoms with Gasteiger partial charge in [0.1, 0.15) is 5.82 Å². The van der Waals surface area contributed by atoms with Gasteiger partial charge in [0.15, 0.2) is 11.8 Å². The van der Waals surface area contributed by atoms with Crippen LogP contribution < -0.4 is 5.32 Å². The monoisotopic (exact) mass is 434 g/mol. The van der Waals surface area contributed by atoms with Crippen LogP contribution in [0.1, 0.15) is 24.5 Å². The number of hydrogen-bond acceptors (Lipinski definition) is 4. The van der Waals surface area contributed by atoms with E-state index in [9.17, 15) is 0 Å². The number of aromatic nitrogens is 3. The van der Waals surface area contributed by atoms with Crippen LogP contribution in [0.4, 0.5) is 0 Å². The van der Waals surface area contributed by atoms with Crippen LogP contribution in [0.3, 0.4) is 0 Å². The summed E-state index contributed by atoms with van der Waals surface area (Å²) in [6.07, 6.45) is 2.44. The Morgan fingerprint density at radius 2 is 2.17 bits per heavy atom. The smallest absolute Gasteiger partial charge is 0.194 e. The minimum atomic E-state index is 0. The van der Waals surface area contributed by atoms with Crippen LogP contribution in [0.25, 0.3) is 0 Å². The molecule has 23 heavy (non-hydrogen) atoms. The van der Waals surface area contributed by atoms with Crippen molar-refractivity contribution in [1.29, 1.82) is 0 Å². The van der Waals surface area contributed by atoms with Gasteiger partial charge >= 0.3 is 0 Å². The van der Waals surface area contributed by atoms with Crippen molar-refractivity contribution in [3.05, 3.63) is 11.6 Å². The molecule has 0 saturated carbocycles. The molecular formula is C15H27IN6O. The summed E-state index contributed by atoms with van der Waals surface area (Å²) in [6.45, 7) is 6.62. The third-order valence-corrected chi connectivity index (χ3v) is 4.95. The van der Waals surface area contributed by atoms with Crippen molar-refractivity contribution in [3.63, 3.8) is 0 Å². The molecule has 0 radical (unpaired) electrons. The highest BCUT2D eigenvalue weighted by molar-refractivity contribution is 14.0. The Morgan fingerprint density at radius 3 is 2.78 bits per heavy atom. The number of aliphatic imine (C=N–C) groups is 1. The highest BCUT2D eigenvalue weighted by Gasteiger charge is 2.32. The number of aryl methyl sites for hydroxylation is 1. The van der Waals surface area contributed by atoms with Crippen LogP contribution in [-0.2, 0) is 18.3 Å². The summed E-state index contributed by atoms with van der Waals surface area (Å²) in [5, 5.41) is 11.7. The zero-order valence-corrected chi connectivity index (χ0v) is 16.5. The maximum Gasteiger partial charge on any atom is 0.194 e. The molecule has 0 aromatic carbocycles. The molecule has 2 aliphatic heterocycles. The number of rotatable bonds is 3. The fourth-order valence-corrected chi connectivity index (χ4v) is 3.38. The van der Waals surface area contributed by atoms with E-state index in [-0.39, 0.29) is 24.0 Å². The van der Waals surface area contributed by atoms with Crippen LogP contribution >= 0.6 is 24.0 Å². The number of guanidine groups is 1. The van der Waals surface area contributed by atoms with Gasteiger partial charge in [-0.3, -0.25) is 4.99 Å². The molecule has 2 atom stereocenters. The largest absolute Gasteiger partial charge is 0.381 e. The van der Waals surface area contributed by atoms with Gasteiger partial charge in [-0.2, -0.15) is 0 Å². The maximum atomic E-state index is 5.53. The molecule has 0 amide bonds. The van der Waals surface area contributed by atoms with E-state index < -0.39 is 0 Å². The molecular weight excluding hydrogens is 407 g/mol. The lowest BCUT2D eigenvalue weighted by molar-refractivity contribution is 0.173. The van der Waals surface area contributed by atoms with Crippen molar-refractivity contribution in [2.24, 2.45) is 23.9 Å². The first-order valence-corrected chi connectivity index (χ1v) is 8.07. The Morgan fingerprint density at radius 1 is 1.35 bits per heavy atom. The van der Waals surface area contributed by atoms with E-state index in [2.05, 4.69) is 25.4 Å². The number of nitrogens with zero attached hydrogens (tertiary/aromatic N) is 5. The van der Waals surface area contributed by atoms with Crippen molar-refractivity contribution in [3.8, 4) is 0 Å². The summed E-state index contributed by atoms with van der Waals surface area (Å²) < 4.78 is 7.53. The van der Waals surface area contributed by atoms with E-state index in [1.165, 1.54) is 12.8 Å². The van der Waals surface area contributed by atoms with Gasteiger partial charge in [-0.25, -0.2) is 0 Å². The lowest BCUT2D eigenvalue weighted by Gasteiger charge is -2.22. The summed E-state index contributed by atoms with van der Waals surface area (Å²) >= 11 is 0. The highest BCUT2D eigenvalue weighted by Crippen LogP contribution is 2.29. The molecule has 7 nitrogen and oxygen atoms in total. The SMILES string of the molecule is CN=C(NCc1nnc(C)n1C)N1CCC(C2CCOC2)C1.I.